The lowest BCUT2D eigenvalue weighted by Gasteiger charge is -2.32. The van der Waals surface area contributed by atoms with Gasteiger partial charge in [-0.25, -0.2) is 9.78 Å². The summed E-state index contributed by atoms with van der Waals surface area (Å²) in [6.07, 6.45) is -1.68. The van der Waals surface area contributed by atoms with Gasteiger partial charge >= 0.3 is 12.2 Å². The summed E-state index contributed by atoms with van der Waals surface area (Å²) in [4.78, 5) is 22.1. The van der Waals surface area contributed by atoms with E-state index >= 15 is 0 Å². The second-order valence-electron chi connectivity index (χ2n) is 6.26. The number of nitrogens with one attached hydrogen (secondary N) is 1. The second-order valence-corrected chi connectivity index (χ2v) is 6.26. The quantitative estimate of drug-likeness (QED) is 0.878. The van der Waals surface area contributed by atoms with E-state index in [1.807, 2.05) is 0 Å². The molecule has 2 amide bonds. The first-order valence-corrected chi connectivity index (χ1v) is 8.51. The Balaban J connectivity index is 1.53. The van der Waals surface area contributed by atoms with Crippen LogP contribution in [-0.2, 0) is 6.18 Å². The topological polar surface area (TPSA) is 67.3 Å². The fraction of sp³-hybridized carbons (Fsp3) is 0.389. The minimum atomic E-state index is -4.45. The first kappa shape index (κ1) is 18.9. The molecule has 3 rings (SSSR count). The molecule has 1 aromatic heterocycles. The van der Waals surface area contributed by atoms with Gasteiger partial charge in [-0.15, -0.1) is 0 Å². The van der Waals surface area contributed by atoms with Crippen LogP contribution in [0.25, 0.3) is 0 Å². The molecule has 144 valence electrons. The zero-order valence-electron chi connectivity index (χ0n) is 14.7. The summed E-state index contributed by atoms with van der Waals surface area (Å²) in [5.41, 5.74) is -0.683. The Bertz CT molecular complexity index is 805. The van der Waals surface area contributed by atoms with Crippen LogP contribution in [0.3, 0.4) is 0 Å². The normalized spacial score (nSPS) is 15.5. The van der Waals surface area contributed by atoms with E-state index in [1.54, 1.807) is 24.1 Å². The van der Waals surface area contributed by atoms with Crippen molar-refractivity contribution in [2.45, 2.75) is 32.0 Å². The summed E-state index contributed by atoms with van der Waals surface area (Å²) < 4.78 is 44.1. The fourth-order valence-electron chi connectivity index (χ4n) is 2.82. The van der Waals surface area contributed by atoms with E-state index in [2.05, 4.69) is 15.3 Å². The predicted octanol–water partition coefficient (Wildman–Crippen LogP) is 3.88. The lowest BCUT2D eigenvalue weighted by Crippen LogP contribution is -2.43. The number of aryl methyl sites for hydroxylation is 1. The van der Waals surface area contributed by atoms with Gasteiger partial charge < -0.3 is 15.0 Å². The molecule has 1 aliphatic heterocycles. The van der Waals surface area contributed by atoms with Crippen LogP contribution in [0.2, 0.25) is 0 Å². The van der Waals surface area contributed by atoms with E-state index in [4.69, 9.17) is 4.74 Å². The van der Waals surface area contributed by atoms with Crippen molar-refractivity contribution in [1.29, 1.82) is 0 Å². The number of ether oxygens (including phenoxy) is 1. The van der Waals surface area contributed by atoms with Crippen molar-refractivity contribution in [3.05, 3.63) is 47.9 Å². The van der Waals surface area contributed by atoms with Crippen LogP contribution in [0.15, 0.2) is 36.5 Å². The Morgan fingerprint density at radius 2 is 2.00 bits per heavy atom. The highest BCUT2D eigenvalue weighted by Gasteiger charge is 2.31. The van der Waals surface area contributed by atoms with Crippen molar-refractivity contribution in [2.24, 2.45) is 0 Å². The zero-order chi connectivity index (χ0) is 19.4. The monoisotopic (exact) mass is 380 g/mol. The molecule has 2 aromatic rings. The Hall–Kier alpha value is -2.84. The molecule has 0 atom stereocenters. The molecule has 0 bridgehead atoms. The summed E-state index contributed by atoms with van der Waals surface area (Å²) in [7, 11) is 0. The highest BCUT2D eigenvalue weighted by Crippen LogP contribution is 2.30. The molecule has 1 aliphatic rings. The SMILES string of the molecule is Cc1nccc(OC2CCN(C(=O)Nc3cccc(C(F)(F)F)c3)CC2)n1. The number of nitrogens with zero attached hydrogens (tertiary/aromatic N) is 3. The van der Waals surface area contributed by atoms with E-state index in [0.29, 0.717) is 37.6 Å². The maximum atomic E-state index is 12.8. The van der Waals surface area contributed by atoms with Gasteiger partial charge in [0.1, 0.15) is 11.9 Å². The zero-order valence-corrected chi connectivity index (χ0v) is 14.7. The average Bonchev–Trinajstić information content (AvgIpc) is 2.62. The number of hydrogen-bond acceptors (Lipinski definition) is 4. The third-order valence-electron chi connectivity index (χ3n) is 4.21. The number of anilines is 1. The summed E-state index contributed by atoms with van der Waals surface area (Å²) in [6, 6.07) is 5.84. The number of piperidine rings is 1. The van der Waals surface area contributed by atoms with Gasteiger partial charge in [-0.05, 0) is 25.1 Å². The van der Waals surface area contributed by atoms with Crippen LogP contribution in [0.5, 0.6) is 5.88 Å². The number of benzene rings is 1. The van der Waals surface area contributed by atoms with Crippen molar-refractivity contribution in [1.82, 2.24) is 14.9 Å². The van der Waals surface area contributed by atoms with Gasteiger partial charge in [0.05, 0.1) is 5.56 Å². The highest BCUT2D eigenvalue weighted by atomic mass is 19.4. The highest BCUT2D eigenvalue weighted by molar-refractivity contribution is 5.89. The second kappa shape index (κ2) is 7.81. The van der Waals surface area contributed by atoms with E-state index in [-0.39, 0.29) is 11.8 Å². The first-order chi connectivity index (χ1) is 12.8. The standard InChI is InChI=1S/C18H19F3N4O2/c1-12-22-8-5-16(23-12)27-15-6-9-25(10-7-15)17(26)24-14-4-2-3-13(11-14)18(19,20)21/h2-5,8,11,15H,6-7,9-10H2,1H3,(H,24,26). The minimum absolute atomic E-state index is 0.0723. The molecule has 1 fully saturated rings. The van der Waals surface area contributed by atoms with Crippen LogP contribution in [0, 0.1) is 6.92 Å². The Kier molecular flexibility index (Phi) is 5.48. The van der Waals surface area contributed by atoms with E-state index < -0.39 is 17.8 Å². The van der Waals surface area contributed by atoms with Crippen molar-refractivity contribution >= 4 is 11.7 Å². The minimum Gasteiger partial charge on any atom is -0.474 e. The molecule has 0 saturated carbocycles. The number of carbonyl (C=O) groups excluding carboxylic acids is 1. The third-order valence-corrected chi connectivity index (χ3v) is 4.21. The van der Waals surface area contributed by atoms with Crippen LogP contribution in [0.1, 0.15) is 24.2 Å². The summed E-state index contributed by atoms with van der Waals surface area (Å²) in [6.45, 7) is 2.66. The van der Waals surface area contributed by atoms with Crippen LogP contribution < -0.4 is 10.1 Å². The maximum absolute atomic E-state index is 12.8. The molecular formula is C18H19F3N4O2. The lowest BCUT2D eigenvalue weighted by atomic mass is 10.1. The molecule has 9 heteroatoms. The smallest absolute Gasteiger partial charge is 0.416 e. The number of urea groups is 1. The number of alkyl halides is 3. The number of hydrogen-bond donors (Lipinski definition) is 1. The van der Waals surface area contributed by atoms with Crippen molar-refractivity contribution in [3.63, 3.8) is 0 Å². The summed E-state index contributed by atoms with van der Waals surface area (Å²) >= 11 is 0. The van der Waals surface area contributed by atoms with E-state index in [0.717, 1.165) is 12.1 Å². The Morgan fingerprint density at radius 3 is 2.67 bits per heavy atom. The van der Waals surface area contributed by atoms with Crippen molar-refractivity contribution < 1.29 is 22.7 Å². The molecule has 1 N–H and O–H groups in total. The Morgan fingerprint density at radius 1 is 1.26 bits per heavy atom. The average molecular weight is 380 g/mol. The number of likely N-dealkylation sites (tertiary alicyclic amines) is 1. The van der Waals surface area contributed by atoms with E-state index in [9.17, 15) is 18.0 Å². The van der Waals surface area contributed by atoms with Crippen molar-refractivity contribution in [2.75, 3.05) is 18.4 Å². The lowest BCUT2D eigenvalue weighted by molar-refractivity contribution is -0.137. The summed E-state index contributed by atoms with van der Waals surface area (Å²) in [5.74, 6) is 1.11. The molecule has 1 aromatic carbocycles. The predicted molar refractivity (Wildman–Crippen MR) is 92.5 cm³/mol. The maximum Gasteiger partial charge on any atom is 0.416 e. The van der Waals surface area contributed by atoms with Crippen LogP contribution in [-0.4, -0.2) is 40.1 Å². The molecular weight excluding hydrogens is 361 g/mol. The molecule has 2 heterocycles. The van der Waals surface area contributed by atoms with Crippen LogP contribution in [0.4, 0.5) is 23.7 Å². The fourth-order valence-corrected chi connectivity index (χ4v) is 2.82. The van der Waals surface area contributed by atoms with Gasteiger partial charge in [-0.2, -0.15) is 18.2 Å². The van der Waals surface area contributed by atoms with Crippen molar-refractivity contribution in [3.8, 4) is 5.88 Å². The van der Waals surface area contributed by atoms with Crippen LogP contribution >= 0.6 is 0 Å². The number of carbonyl (C=O) groups is 1. The van der Waals surface area contributed by atoms with Gasteiger partial charge in [-0.3, -0.25) is 0 Å². The molecule has 0 aliphatic carbocycles. The van der Waals surface area contributed by atoms with E-state index in [1.165, 1.54) is 12.1 Å². The number of rotatable bonds is 3. The summed E-state index contributed by atoms with van der Waals surface area (Å²) in [5, 5.41) is 2.52. The number of amides is 2. The van der Waals surface area contributed by atoms with Gasteiger partial charge in [0.25, 0.3) is 0 Å². The molecule has 27 heavy (non-hydrogen) atoms. The molecule has 6 nitrogen and oxygen atoms in total. The molecule has 0 unspecified atom stereocenters. The molecule has 0 radical (unpaired) electrons. The number of aromatic nitrogens is 2. The molecule has 1 saturated heterocycles. The Labute approximate surface area is 154 Å². The largest absolute Gasteiger partial charge is 0.474 e. The first-order valence-electron chi connectivity index (χ1n) is 8.51. The van der Waals surface area contributed by atoms with Gasteiger partial charge in [0.15, 0.2) is 0 Å². The molecule has 0 spiro atoms. The third kappa shape index (κ3) is 5.08. The van der Waals surface area contributed by atoms with Gasteiger partial charge in [0, 0.05) is 43.9 Å². The number of halogens is 3. The van der Waals surface area contributed by atoms with Gasteiger partial charge in [0.2, 0.25) is 5.88 Å². The van der Waals surface area contributed by atoms with Gasteiger partial charge in [-0.1, -0.05) is 6.07 Å².